The van der Waals surface area contributed by atoms with Crippen LogP contribution >= 0.6 is 23.1 Å². The second-order valence-corrected chi connectivity index (χ2v) is 7.47. The molecule has 7 nitrogen and oxygen atoms in total. The minimum Gasteiger partial charge on any atom is -0.481 e. The van der Waals surface area contributed by atoms with Gasteiger partial charge in [0, 0.05) is 29.4 Å². The Labute approximate surface area is 184 Å². The third kappa shape index (κ3) is 5.06. The third-order valence-electron chi connectivity index (χ3n) is 4.21. The minimum absolute atomic E-state index is 0.0973. The summed E-state index contributed by atoms with van der Waals surface area (Å²) in [6.07, 6.45) is 1.34. The van der Waals surface area contributed by atoms with Crippen molar-refractivity contribution >= 4 is 40.4 Å². The first-order valence-electron chi connectivity index (χ1n) is 8.90. The molecular weight excluding hydrogens is 455 g/mol. The summed E-state index contributed by atoms with van der Waals surface area (Å²) in [4.78, 5) is 16.5. The molecule has 0 bridgehead atoms. The van der Waals surface area contributed by atoms with Gasteiger partial charge in [-0.15, -0.1) is 11.6 Å². The highest BCUT2D eigenvalue weighted by Crippen LogP contribution is 2.32. The number of ether oxygens (including phenoxy) is 1. The fourth-order valence-corrected chi connectivity index (χ4v) is 3.34. The Morgan fingerprint density at radius 1 is 1.26 bits per heavy atom. The molecule has 1 aromatic carbocycles. The van der Waals surface area contributed by atoms with Gasteiger partial charge in [-0.3, -0.25) is 4.79 Å². The van der Waals surface area contributed by atoms with Crippen molar-refractivity contribution < 1.29 is 22.7 Å². The number of benzene rings is 1. The van der Waals surface area contributed by atoms with E-state index >= 15 is 0 Å². The summed E-state index contributed by atoms with van der Waals surface area (Å²) in [7, 11) is 0. The minimum atomic E-state index is -1.08. The number of halogens is 4. The van der Waals surface area contributed by atoms with Crippen molar-refractivity contribution in [3.63, 3.8) is 0 Å². The average molecular weight is 472 g/mol. The van der Waals surface area contributed by atoms with Crippen LogP contribution in [0.2, 0.25) is 0 Å². The molecule has 0 aliphatic heterocycles. The molecule has 1 amide bonds. The first-order valence-corrected chi connectivity index (χ1v) is 10.2. The standard InChI is InChI=1S/C19H17ClF3N5O2S/c20-5-9(6-24)8-30-19-14(7-26-31-19)27-18(29)17-13(25)4-12(23)16(28-17)15-10(21)2-1-3-11(15)22/h1-4,7,9H,5-6,8,24-25H2,(H,27,29). The number of hydrogen-bond acceptors (Lipinski definition) is 7. The zero-order chi connectivity index (χ0) is 22.5. The lowest BCUT2D eigenvalue weighted by atomic mass is 10.1. The van der Waals surface area contributed by atoms with E-state index in [1.54, 1.807) is 0 Å². The van der Waals surface area contributed by atoms with Crippen molar-refractivity contribution in [1.29, 1.82) is 0 Å². The fraction of sp³-hybridized carbons (Fsp3) is 0.211. The Morgan fingerprint density at radius 2 is 1.97 bits per heavy atom. The third-order valence-corrected chi connectivity index (χ3v) is 5.36. The monoisotopic (exact) mass is 471 g/mol. The van der Waals surface area contributed by atoms with Crippen LogP contribution in [0, 0.1) is 23.4 Å². The number of aromatic nitrogens is 2. The van der Waals surface area contributed by atoms with Crippen LogP contribution in [0.5, 0.6) is 5.06 Å². The van der Waals surface area contributed by atoms with Gasteiger partial charge in [0.15, 0.2) is 11.5 Å². The van der Waals surface area contributed by atoms with Crippen LogP contribution in [0.1, 0.15) is 10.5 Å². The van der Waals surface area contributed by atoms with E-state index in [1.807, 2.05) is 0 Å². The van der Waals surface area contributed by atoms with Gasteiger partial charge in [-0.25, -0.2) is 18.2 Å². The van der Waals surface area contributed by atoms with E-state index in [9.17, 15) is 18.0 Å². The smallest absolute Gasteiger partial charge is 0.276 e. The Hall–Kier alpha value is -2.89. The maximum Gasteiger partial charge on any atom is 0.276 e. The molecule has 0 saturated carbocycles. The van der Waals surface area contributed by atoms with Gasteiger partial charge in [0.1, 0.15) is 23.0 Å². The summed E-state index contributed by atoms with van der Waals surface area (Å²) >= 11 is 6.76. The van der Waals surface area contributed by atoms with Crippen LogP contribution in [0.3, 0.4) is 0 Å². The number of hydrogen-bond donors (Lipinski definition) is 3. The van der Waals surface area contributed by atoms with E-state index in [2.05, 4.69) is 14.7 Å². The van der Waals surface area contributed by atoms with Crippen molar-refractivity contribution in [3.05, 3.63) is 53.6 Å². The Bertz CT molecular complexity index is 1070. The van der Waals surface area contributed by atoms with Crippen molar-refractivity contribution in [2.45, 2.75) is 0 Å². The average Bonchev–Trinajstić information content (AvgIpc) is 3.16. The summed E-state index contributed by atoms with van der Waals surface area (Å²) in [6.45, 7) is 0.522. The molecule has 0 saturated heterocycles. The number of rotatable bonds is 8. The summed E-state index contributed by atoms with van der Waals surface area (Å²) in [5.74, 6) is -3.79. The maximum atomic E-state index is 14.4. The number of anilines is 2. The van der Waals surface area contributed by atoms with Gasteiger partial charge in [0.2, 0.25) is 5.06 Å². The van der Waals surface area contributed by atoms with Crippen LogP contribution in [-0.2, 0) is 0 Å². The summed E-state index contributed by atoms with van der Waals surface area (Å²) in [5.41, 5.74) is 9.40. The molecule has 0 fully saturated rings. The molecule has 12 heteroatoms. The quantitative estimate of drug-likeness (QED) is 0.432. The van der Waals surface area contributed by atoms with E-state index in [4.69, 9.17) is 27.8 Å². The molecular formula is C19H17ClF3N5O2S. The van der Waals surface area contributed by atoms with Crippen LogP contribution in [-0.4, -0.2) is 34.3 Å². The van der Waals surface area contributed by atoms with E-state index in [1.165, 1.54) is 6.20 Å². The lowest BCUT2D eigenvalue weighted by Crippen LogP contribution is -2.23. The zero-order valence-electron chi connectivity index (χ0n) is 15.9. The first kappa shape index (κ1) is 22.8. The highest BCUT2D eigenvalue weighted by Gasteiger charge is 2.23. The molecule has 1 atom stereocenters. The van der Waals surface area contributed by atoms with Crippen LogP contribution < -0.4 is 21.5 Å². The largest absolute Gasteiger partial charge is 0.481 e. The second-order valence-electron chi connectivity index (χ2n) is 6.40. The van der Waals surface area contributed by atoms with Crippen LogP contribution in [0.25, 0.3) is 11.3 Å². The number of carbonyl (C=O) groups excluding carboxylic acids is 1. The highest BCUT2D eigenvalue weighted by molar-refractivity contribution is 7.08. The van der Waals surface area contributed by atoms with Crippen molar-refractivity contribution in [1.82, 2.24) is 9.36 Å². The van der Waals surface area contributed by atoms with Crippen LogP contribution in [0.4, 0.5) is 24.5 Å². The van der Waals surface area contributed by atoms with Gasteiger partial charge in [-0.1, -0.05) is 6.07 Å². The molecule has 164 valence electrons. The molecule has 5 N–H and O–H groups in total. The maximum absolute atomic E-state index is 14.4. The Kier molecular flexibility index (Phi) is 7.31. The molecule has 3 aromatic rings. The molecule has 2 aromatic heterocycles. The van der Waals surface area contributed by atoms with Crippen molar-refractivity contribution in [2.75, 3.05) is 30.1 Å². The second kappa shape index (κ2) is 9.94. The van der Waals surface area contributed by atoms with Gasteiger partial charge in [0.05, 0.1) is 24.1 Å². The van der Waals surface area contributed by atoms with E-state index in [0.29, 0.717) is 12.4 Å². The number of carbonyl (C=O) groups is 1. The Balaban J connectivity index is 1.88. The molecule has 0 spiro atoms. The molecule has 3 rings (SSSR count). The number of amides is 1. The Morgan fingerprint density at radius 3 is 2.61 bits per heavy atom. The predicted molar refractivity (Wildman–Crippen MR) is 113 cm³/mol. The molecule has 0 radical (unpaired) electrons. The van der Waals surface area contributed by atoms with E-state index in [-0.39, 0.29) is 29.0 Å². The van der Waals surface area contributed by atoms with E-state index < -0.39 is 40.3 Å². The normalized spacial score (nSPS) is 11.9. The van der Waals surface area contributed by atoms with Gasteiger partial charge >= 0.3 is 0 Å². The SMILES string of the molecule is NCC(CCl)COc1sncc1NC(=O)c1nc(-c2c(F)cccc2F)c(F)cc1N. The number of nitrogens with two attached hydrogens (primary N) is 2. The highest BCUT2D eigenvalue weighted by atomic mass is 35.5. The zero-order valence-corrected chi connectivity index (χ0v) is 17.4. The number of alkyl halides is 1. The topological polar surface area (TPSA) is 116 Å². The molecule has 1 unspecified atom stereocenters. The van der Waals surface area contributed by atoms with Gasteiger partial charge in [-0.05, 0) is 18.7 Å². The lowest BCUT2D eigenvalue weighted by molar-refractivity contribution is 0.102. The van der Waals surface area contributed by atoms with Crippen LogP contribution in [0.15, 0.2) is 30.5 Å². The molecule has 2 heterocycles. The van der Waals surface area contributed by atoms with E-state index in [0.717, 1.165) is 35.8 Å². The first-order chi connectivity index (χ1) is 14.8. The summed E-state index contributed by atoms with van der Waals surface area (Å²) in [6, 6.07) is 3.80. The van der Waals surface area contributed by atoms with Crippen molar-refractivity contribution in [2.24, 2.45) is 11.7 Å². The molecule has 31 heavy (non-hydrogen) atoms. The number of nitrogen functional groups attached to an aromatic ring is 1. The summed E-state index contributed by atoms with van der Waals surface area (Å²) < 4.78 is 52.1. The number of nitrogens with one attached hydrogen (secondary N) is 1. The predicted octanol–water partition coefficient (Wildman–Crippen LogP) is 3.65. The molecule has 0 aliphatic carbocycles. The molecule has 0 aliphatic rings. The summed E-state index contributed by atoms with van der Waals surface area (Å²) in [5, 5.41) is 2.79. The van der Waals surface area contributed by atoms with Gasteiger partial charge < -0.3 is 21.5 Å². The number of nitrogens with zero attached hydrogens (tertiary/aromatic N) is 2. The van der Waals surface area contributed by atoms with Crippen molar-refractivity contribution in [3.8, 4) is 16.3 Å². The number of pyridine rings is 1. The lowest BCUT2D eigenvalue weighted by Gasteiger charge is -2.13. The fourth-order valence-electron chi connectivity index (χ4n) is 2.55. The van der Waals surface area contributed by atoms with Gasteiger partial charge in [0.25, 0.3) is 5.91 Å². The van der Waals surface area contributed by atoms with Gasteiger partial charge in [-0.2, -0.15) is 4.37 Å².